The van der Waals surface area contributed by atoms with Crippen LogP contribution in [0.25, 0.3) is 16.9 Å². The zero-order valence-electron chi connectivity index (χ0n) is 16.9. The predicted molar refractivity (Wildman–Crippen MR) is 109 cm³/mol. The Labute approximate surface area is 165 Å². The molecule has 1 aliphatic heterocycles. The molecule has 3 aromatic heterocycles. The highest BCUT2D eigenvalue weighted by Gasteiger charge is 2.17. The Kier molecular flexibility index (Phi) is 5.28. The van der Waals surface area contributed by atoms with Crippen LogP contribution in [0.2, 0.25) is 0 Å². The molecule has 0 aliphatic carbocycles. The van der Waals surface area contributed by atoms with Gasteiger partial charge in [0.15, 0.2) is 5.65 Å². The molecule has 0 bridgehead atoms. The normalized spacial score (nSPS) is 15.4. The summed E-state index contributed by atoms with van der Waals surface area (Å²) in [5.74, 6) is 0.854. The monoisotopic (exact) mass is 380 g/mol. The van der Waals surface area contributed by atoms with Gasteiger partial charge in [-0.3, -0.25) is 14.9 Å². The van der Waals surface area contributed by atoms with E-state index in [1.165, 1.54) is 0 Å². The zero-order valence-corrected chi connectivity index (χ0v) is 16.9. The van der Waals surface area contributed by atoms with E-state index in [1.54, 1.807) is 6.33 Å². The molecule has 7 heteroatoms. The van der Waals surface area contributed by atoms with Crippen molar-refractivity contribution < 1.29 is 4.74 Å². The highest BCUT2D eigenvalue weighted by Crippen LogP contribution is 2.24. The molecule has 0 atom stereocenters. The third kappa shape index (κ3) is 3.47. The number of ether oxygens (including phenoxy) is 1. The van der Waals surface area contributed by atoms with E-state index in [-0.39, 0.29) is 0 Å². The maximum absolute atomic E-state index is 8.77. The summed E-state index contributed by atoms with van der Waals surface area (Å²) in [6.07, 6.45) is 2.80. The number of nitrogens with one attached hydrogen (secondary N) is 1. The second-order valence-corrected chi connectivity index (χ2v) is 7.48. The van der Waals surface area contributed by atoms with E-state index in [0.29, 0.717) is 5.49 Å². The van der Waals surface area contributed by atoms with Crippen molar-refractivity contribution in [3.8, 4) is 5.82 Å². The highest BCUT2D eigenvalue weighted by atomic mass is 16.5. The fourth-order valence-corrected chi connectivity index (χ4v) is 3.91. The quantitative estimate of drug-likeness (QED) is 0.738. The van der Waals surface area contributed by atoms with Crippen molar-refractivity contribution in [1.29, 1.82) is 5.41 Å². The van der Waals surface area contributed by atoms with Crippen molar-refractivity contribution in [2.75, 3.05) is 32.8 Å². The minimum absolute atomic E-state index is 0.527. The molecule has 1 N–H and O–H groups in total. The molecule has 0 aromatic carbocycles. The Morgan fingerprint density at radius 2 is 1.89 bits per heavy atom. The summed E-state index contributed by atoms with van der Waals surface area (Å²) in [7, 11) is 0. The molecule has 4 heterocycles. The fraction of sp³-hybridized carbons (Fsp3) is 0.476. The minimum Gasteiger partial charge on any atom is -0.379 e. The number of fused-ring (bicyclic) bond motifs is 1. The second-order valence-electron chi connectivity index (χ2n) is 7.48. The fourth-order valence-electron chi connectivity index (χ4n) is 3.91. The Hall–Kier alpha value is -2.51. The lowest BCUT2D eigenvalue weighted by molar-refractivity contribution is 0.0369. The molecule has 0 radical (unpaired) electrons. The van der Waals surface area contributed by atoms with E-state index in [9.17, 15) is 0 Å². The van der Waals surface area contributed by atoms with Crippen molar-refractivity contribution >= 4 is 11.0 Å². The maximum Gasteiger partial charge on any atom is 0.151 e. The lowest BCUT2D eigenvalue weighted by Crippen LogP contribution is -2.37. The van der Waals surface area contributed by atoms with Gasteiger partial charge in [-0.05, 0) is 44.9 Å². The van der Waals surface area contributed by atoms with Crippen LogP contribution in [-0.2, 0) is 11.3 Å². The first-order valence-electron chi connectivity index (χ1n) is 9.92. The smallest absolute Gasteiger partial charge is 0.151 e. The van der Waals surface area contributed by atoms with Gasteiger partial charge in [0, 0.05) is 37.6 Å². The Morgan fingerprint density at radius 3 is 2.64 bits per heavy atom. The second kappa shape index (κ2) is 7.85. The summed E-state index contributed by atoms with van der Waals surface area (Å²) >= 11 is 0. The molecular formula is C21H28N6O. The predicted octanol–water partition coefficient (Wildman–Crippen LogP) is 2.35. The zero-order chi connectivity index (χ0) is 19.7. The van der Waals surface area contributed by atoms with Crippen molar-refractivity contribution in [3.63, 3.8) is 0 Å². The first-order chi connectivity index (χ1) is 13.6. The van der Waals surface area contributed by atoms with Crippen LogP contribution in [0.5, 0.6) is 0 Å². The number of morpholine rings is 1. The van der Waals surface area contributed by atoms with Crippen LogP contribution in [-0.4, -0.2) is 56.9 Å². The Morgan fingerprint density at radius 1 is 1.11 bits per heavy atom. The van der Waals surface area contributed by atoms with Crippen LogP contribution < -0.4 is 5.49 Å². The molecular weight excluding hydrogens is 352 g/mol. The highest BCUT2D eigenvalue weighted by molar-refractivity contribution is 5.82. The molecule has 0 saturated carbocycles. The van der Waals surface area contributed by atoms with E-state index >= 15 is 0 Å². The largest absolute Gasteiger partial charge is 0.379 e. The molecule has 1 saturated heterocycles. The molecule has 1 fully saturated rings. The van der Waals surface area contributed by atoms with Gasteiger partial charge in [0.2, 0.25) is 0 Å². The number of hydrogen-bond acceptors (Lipinski definition) is 5. The standard InChI is InChI=1S/C21H28N6O/c1-15-6-4-7-18(24-15)27-17(3)16(2)19-20(22)26(14-23-21(19)27)9-5-8-25-10-12-28-13-11-25/h4,6-7,14,22H,5,8-13H2,1-3H3. The number of hydrogen-bond donors (Lipinski definition) is 1. The van der Waals surface area contributed by atoms with E-state index in [0.717, 1.165) is 79.6 Å². The van der Waals surface area contributed by atoms with Crippen LogP contribution in [0.1, 0.15) is 23.4 Å². The van der Waals surface area contributed by atoms with Crippen LogP contribution >= 0.6 is 0 Å². The van der Waals surface area contributed by atoms with Crippen molar-refractivity contribution in [1.82, 2.24) is 24.0 Å². The van der Waals surface area contributed by atoms with E-state index < -0.39 is 0 Å². The molecule has 3 aromatic rings. The average Bonchev–Trinajstić information content (AvgIpc) is 2.95. The molecule has 0 spiro atoms. The summed E-state index contributed by atoms with van der Waals surface area (Å²) in [5.41, 5.74) is 4.48. The number of nitrogens with zero attached hydrogens (tertiary/aromatic N) is 5. The molecule has 4 rings (SSSR count). The third-order valence-corrected chi connectivity index (χ3v) is 5.61. The van der Waals surface area contributed by atoms with Gasteiger partial charge in [-0.2, -0.15) is 0 Å². The minimum atomic E-state index is 0.527. The van der Waals surface area contributed by atoms with Crippen LogP contribution in [0.15, 0.2) is 24.5 Å². The average molecular weight is 380 g/mol. The molecule has 1 aliphatic rings. The van der Waals surface area contributed by atoms with Gasteiger partial charge in [0.05, 0.1) is 24.9 Å². The molecule has 0 amide bonds. The summed E-state index contributed by atoms with van der Waals surface area (Å²) in [6.45, 7) is 11.6. The Balaban J connectivity index is 1.64. The number of rotatable bonds is 5. The lowest BCUT2D eigenvalue weighted by Gasteiger charge is -2.26. The summed E-state index contributed by atoms with van der Waals surface area (Å²) < 4.78 is 9.43. The van der Waals surface area contributed by atoms with E-state index in [4.69, 9.17) is 15.1 Å². The van der Waals surface area contributed by atoms with Gasteiger partial charge in [-0.25, -0.2) is 9.97 Å². The first kappa shape index (κ1) is 18.8. The van der Waals surface area contributed by atoms with Gasteiger partial charge < -0.3 is 9.30 Å². The SMILES string of the molecule is Cc1cccc(-n2c(C)c(C)c3c(=N)n(CCCN4CCOCC4)cnc32)n1. The molecule has 0 unspecified atom stereocenters. The number of pyridine rings is 1. The summed E-state index contributed by atoms with van der Waals surface area (Å²) in [6, 6.07) is 5.99. The van der Waals surface area contributed by atoms with Gasteiger partial charge in [0.25, 0.3) is 0 Å². The van der Waals surface area contributed by atoms with Crippen molar-refractivity contribution in [2.45, 2.75) is 33.7 Å². The summed E-state index contributed by atoms with van der Waals surface area (Å²) in [4.78, 5) is 11.8. The van der Waals surface area contributed by atoms with Crippen LogP contribution in [0.4, 0.5) is 0 Å². The van der Waals surface area contributed by atoms with Crippen LogP contribution in [0, 0.1) is 26.2 Å². The van der Waals surface area contributed by atoms with Gasteiger partial charge in [0.1, 0.15) is 11.3 Å². The Bertz CT molecular complexity index is 1040. The topological polar surface area (TPSA) is 72.0 Å². The number of aromatic nitrogens is 4. The van der Waals surface area contributed by atoms with Crippen LogP contribution in [0.3, 0.4) is 0 Å². The molecule has 148 valence electrons. The first-order valence-corrected chi connectivity index (χ1v) is 9.92. The molecule has 7 nitrogen and oxygen atoms in total. The number of aryl methyl sites for hydroxylation is 3. The van der Waals surface area contributed by atoms with E-state index in [1.807, 2.05) is 29.7 Å². The molecule has 28 heavy (non-hydrogen) atoms. The third-order valence-electron chi connectivity index (χ3n) is 5.61. The van der Waals surface area contributed by atoms with Crippen molar-refractivity contribution in [3.05, 3.63) is 47.0 Å². The maximum atomic E-state index is 8.77. The van der Waals surface area contributed by atoms with E-state index in [2.05, 4.69) is 28.3 Å². The van der Waals surface area contributed by atoms with Gasteiger partial charge in [-0.1, -0.05) is 6.07 Å². The summed E-state index contributed by atoms with van der Waals surface area (Å²) in [5, 5.41) is 9.69. The van der Waals surface area contributed by atoms with Gasteiger partial charge >= 0.3 is 0 Å². The van der Waals surface area contributed by atoms with Crippen molar-refractivity contribution in [2.24, 2.45) is 0 Å². The van der Waals surface area contributed by atoms with Gasteiger partial charge in [-0.15, -0.1) is 0 Å². The lowest BCUT2D eigenvalue weighted by atomic mass is 10.2.